The Kier molecular flexibility index (Phi) is 8.86. The van der Waals surface area contributed by atoms with Crippen LogP contribution in [0, 0.1) is 0 Å². The van der Waals surface area contributed by atoms with Gasteiger partial charge in [0.25, 0.3) is 0 Å². The van der Waals surface area contributed by atoms with Gasteiger partial charge in [0.1, 0.15) is 12.3 Å². The molecule has 6 nitrogen and oxygen atoms in total. The molecule has 0 aromatic heterocycles. The summed E-state index contributed by atoms with van der Waals surface area (Å²) < 4.78 is 5.07. The molecule has 8 heteroatoms. The molecule has 1 saturated heterocycles. The number of carbonyl (C=O) groups is 1. The molecule has 0 spiro atoms. The molecule has 0 bridgehead atoms. The molecule has 1 aromatic rings. The standard InChI is InChI=1S/C20H25Cl2N3O3/c1-2-3-4-5-6-16(28-20(23)27)14-19(26)25-11-9-24(10-12-25)15-7-8-17(21)18(22)13-15/h2-8,13,16,19,26H,1,9-12,14H2,(H2,23,27)/b4-3-,6-5+. The quantitative estimate of drug-likeness (QED) is 0.622. The number of nitrogens with two attached hydrogens (primary N) is 1. The van der Waals surface area contributed by atoms with Crippen molar-refractivity contribution in [2.24, 2.45) is 5.73 Å². The summed E-state index contributed by atoms with van der Waals surface area (Å²) in [4.78, 5) is 15.2. The van der Waals surface area contributed by atoms with Crippen LogP contribution in [0.2, 0.25) is 10.0 Å². The molecule has 152 valence electrons. The van der Waals surface area contributed by atoms with Crippen LogP contribution in [-0.2, 0) is 4.74 Å². The number of hydrogen-bond donors (Lipinski definition) is 2. The number of nitrogens with zero attached hydrogens (tertiary/aromatic N) is 2. The molecule has 3 N–H and O–H groups in total. The maximum absolute atomic E-state index is 11.1. The van der Waals surface area contributed by atoms with E-state index in [2.05, 4.69) is 11.5 Å². The van der Waals surface area contributed by atoms with Crippen LogP contribution in [-0.4, -0.2) is 54.6 Å². The fourth-order valence-corrected chi connectivity index (χ4v) is 3.26. The van der Waals surface area contributed by atoms with Crippen molar-refractivity contribution >= 4 is 35.0 Å². The van der Waals surface area contributed by atoms with Gasteiger partial charge >= 0.3 is 6.09 Å². The van der Waals surface area contributed by atoms with E-state index >= 15 is 0 Å². The Morgan fingerprint density at radius 3 is 2.54 bits per heavy atom. The number of hydrogen-bond acceptors (Lipinski definition) is 5. The maximum atomic E-state index is 11.1. The highest BCUT2D eigenvalue weighted by molar-refractivity contribution is 6.42. The Morgan fingerprint density at radius 2 is 1.93 bits per heavy atom. The van der Waals surface area contributed by atoms with Gasteiger partial charge < -0.3 is 20.5 Å². The smallest absolute Gasteiger partial charge is 0.405 e. The maximum Gasteiger partial charge on any atom is 0.405 e. The van der Waals surface area contributed by atoms with Gasteiger partial charge in [-0.05, 0) is 24.3 Å². The van der Waals surface area contributed by atoms with Crippen LogP contribution in [0.5, 0.6) is 0 Å². The zero-order valence-corrected chi connectivity index (χ0v) is 17.0. The van der Waals surface area contributed by atoms with Crippen LogP contribution in [0.15, 0.2) is 55.2 Å². The number of ether oxygens (including phenoxy) is 1. The number of halogens is 2. The van der Waals surface area contributed by atoms with Crippen LogP contribution in [0.3, 0.4) is 0 Å². The number of aliphatic hydroxyl groups is 1. The molecule has 2 rings (SSSR count). The molecule has 0 aliphatic carbocycles. The number of rotatable bonds is 8. The molecule has 1 amide bonds. The molecule has 28 heavy (non-hydrogen) atoms. The molecule has 1 aliphatic heterocycles. The summed E-state index contributed by atoms with van der Waals surface area (Å²) in [5, 5.41) is 11.6. The Bertz CT molecular complexity index is 731. The molecule has 0 radical (unpaired) electrons. The summed E-state index contributed by atoms with van der Waals surface area (Å²) in [7, 11) is 0. The normalized spacial score (nSPS) is 17.8. The summed E-state index contributed by atoms with van der Waals surface area (Å²) in [6.45, 7) is 6.36. The highest BCUT2D eigenvalue weighted by Gasteiger charge is 2.25. The summed E-state index contributed by atoms with van der Waals surface area (Å²) >= 11 is 12.1. The van der Waals surface area contributed by atoms with Crippen molar-refractivity contribution < 1.29 is 14.6 Å². The van der Waals surface area contributed by atoms with Crippen LogP contribution in [0.25, 0.3) is 0 Å². The largest absolute Gasteiger partial charge is 0.442 e. The molecular formula is C20H25Cl2N3O3. The number of primary amides is 1. The van der Waals surface area contributed by atoms with Gasteiger partial charge in [0.15, 0.2) is 0 Å². The van der Waals surface area contributed by atoms with E-state index in [4.69, 9.17) is 33.7 Å². The Balaban J connectivity index is 1.91. The Morgan fingerprint density at radius 1 is 1.21 bits per heavy atom. The average Bonchev–Trinajstić information content (AvgIpc) is 2.67. The van der Waals surface area contributed by atoms with Crippen LogP contribution >= 0.6 is 23.2 Å². The van der Waals surface area contributed by atoms with E-state index in [0.717, 1.165) is 18.8 Å². The van der Waals surface area contributed by atoms with E-state index in [1.807, 2.05) is 17.0 Å². The third kappa shape index (κ3) is 6.87. The number of allylic oxidation sites excluding steroid dienone is 4. The summed E-state index contributed by atoms with van der Waals surface area (Å²) in [5.74, 6) is 0. The van der Waals surface area contributed by atoms with E-state index in [1.54, 1.807) is 36.4 Å². The number of anilines is 1. The van der Waals surface area contributed by atoms with Gasteiger partial charge in [-0.3, -0.25) is 4.90 Å². The molecular weight excluding hydrogens is 401 g/mol. The molecule has 1 aliphatic rings. The first-order valence-electron chi connectivity index (χ1n) is 8.94. The van der Waals surface area contributed by atoms with Crippen molar-refractivity contribution in [3.05, 3.63) is 65.2 Å². The highest BCUT2D eigenvalue weighted by Crippen LogP contribution is 2.28. The average molecular weight is 426 g/mol. The molecule has 1 heterocycles. The minimum Gasteiger partial charge on any atom is -0.442 e. The summed E-state index contributed by atoms with van der Waals surface area (Å²) in [6.07, 6.45) is 6.53. The van der Waals surface area contributed by atoms with Crippen molar-refractivity contribution in [2.45, 2.75) is 18.8 Å². The fraction of sp³-hybridized carbons (Fsp3) is 0.350. The van der Waals surface area contributed by atoms with Gasteiger partial charge in [0, 0.05) is 38.3 Å². The monoisotopic (exact) mass is 425 g/mol. The first kappa shape index (κ1) is 22.3. The first-order chi connectivity index (χ1) is 13.4. The first-order valence-corrected chi connectivity index (χ1v) is 9.70. The predicted molar refractivity (Wildman–Crippen MR) is 114 cm³/mol. The Hall–Kier alpha value is -1.99. The highest BCUT2D eigenvalue weighted by atomic mass is 35.5. The van der Waals surface area contributed by atoms with E-state index in [0.29, 0.717) is 23.1 Å². The minimum atomic E-state index is -0.876. The van der Waals surface area contributed by atoms with Gasteiger partial charge in [0.2, 0.25) is 0 Å². The molecule has 1 fully saturated rings. The molecule has 2 unspecified atom stereocenters. The zero-order valence-electron chi connectivity index (χ0n) is 15.5. The van der Waals surface area contributed by atoms with Gasteiger partial charge in [-0.25, -0.2) is 4.79 Å². The molecule has 1 aromatic carbocycles. The molecule has 0 saturated carbocycles. The van der Waals surface area contributed by atoms with E-state index < -0.39 is 18.4 Å². The van der Waals surface area contributed by atoms with Crippen LogP contribution < -0.4 is 10.6 Å². The topological polar surface area (TPSA) is 79.0 Å². The molecule has 2 atom stereocenters. The van der Waals surface area contributed by atoms with Crippen molar-refractivity contribution in [3.8, 4) is 0 Å². The second-order valence-corrected chi connectivity index (χ2v) is 7.13. The number of piperazine rings is 1. The van der Waals surface area contributed by atoms with Crippen molar-refractivity contribution in [2.75, 3.05) is 31.1 Å². The van der Waals surface area contributed by atoms with Gasteiger partial charge in [0.05, 0.1) is 10.0 Å². The van der Waals surface area contributed by atoms with E-state index in [9.17, 15) is 9.90 Å². The number of aliphatic hydroxyl groups excluding tert-OH is 1. The minimum absolute atomic E-state index is 0.230. The van der Waals surface area contributed by atoms with Gasteiger partial charge in [-0.1, -0.05) is 54.1 Å². The fourth-order valence-electron chi connectivity index (χ4n) is 2.96. The lowest BCUT2D eigenvalue weighted by molar-refractivity contribution is -0.0274. The number of benzene rings is 1. The lowest BCUT2D eigenvalue weighted by atomic mass is 10.1. The van der Waals surface area contributed by atoms with Gasteiger partial charge in [-0.2, -0.15) is 0 Å². The van der Waals surface area contributed by atoms with Crippen molar-refractivity contribution in [3.63, 3.8) is 0 Å². The predicted octanol–water partition coefficient (Wildman–Crippen LogP) is 3.59. The second kappa shape index (κ2) is 11.1. The summed E-state index contributed by atoms with van der Waals surface area (Å²) in [6, 6.07) is 5.55. The third-order valence-corrected chi connectivity index (χ3v) is 5.14. The number of carbonyl (C=O) groups excluding carboxylic acids is 1. The SMILES string of the molecule is C=C/C=C\C=C\C(CC(O)N1CCN(c2ccc(Cl)c(Cl)c2)CC1)OC(N)=O. The Labute approximate surface area is 175 Å². The van der Waals surface area contributed by atoms with Crippen LogP contribution in [0.4, 0.5) is 10.5 Å². The third-order valence-electron chi connectivity index (χ3n) is 4.40. The van der Waals surface area contributed by atoms with E-state index in [1.165, 1.54) is 0 Å². The van der Waals surface area contributed by atoms with Crippen molar-refractivity contribution in [1.29, 1.82) is 0 Å². The number of amides is 1. The van der Waals surface area contributed by atoms with Crippen LogP contribution in [0.1, 0.15) is 6.42 Å². The lowest BCUT2D eigenvalue weighted by Gasteiger charge is -2.39. The summed E-state index contributed by atoms with van der Waals surface area (Å²) in [5.41, 5.74) is 6.13. The van der Waals surface area contributed by atoms with Crippen molar-refractivity contribution in [1.82, 2.24) is 4.90 Å². The zero-order chi connectivity index (χ0) is 20.5. The lowest BCUT2D eigenvalue weighted by Crippen LogP contribution is -2.51. The van der Waals surface area contributed by atoms with E-state index in [-0.39, 0.29) is 6.42 Å². The van der Waals surface area contributed by atoms with Gasteiger partial charge in [-0.15, -0.1) is 0 Å². The second-order valence-electron chi connectivity index (χ2n) is 6.32.